The van der Waals surface area contributed by atoms with Crippen LogP contribution in [-0.4, -0.2) is 10.3 Å². The maximum atomic E-state index is 13.3. The Morgan fingerprint density at radius 3 is 3.00 bits per heavy atom. The molecule has 0 amide bonds. The van der Waals surface area contributed by atoms with Crippen molar-refractivity contribution < 1.29 is 18.4 Å². The molecule has 1 aromatic heterocycles. The van der Waals surface area contributed by atoms with Crippen LogP contribution in [-0.2, 0) is 19.0 Å². The lowest BCUT2D eigenvalue weighted by molar-refractivity contribution is -0.0251. The number of aliphatic hydroxyl groups is 1. The molecular weight excluding hydrogens is 180 g/mol. The Morgan fingerprint density at radius 1 is 1.54 bits per heavy atom. The predicted octanol–water partition coefficient (Wildman–Crippen LogP) is 1.60. The van der Waals surface area contributed by atoms with E-state index in [9.17, 15) is 8.78 Å². The van der Waals surface area contributed by atoms with E-state index in [-0.39, 0.29) is 23.4 Å². The van der Waals surface area contributed by atoms with Gasteiger partial charge in [-0.05, 0) is 6.42 Å². The number of hydrogen-bond donors (Lipinski definition) is 1. The number of rotatable bonds is 1. The summed E-state index contributed by atoms with van der Waals surface area (Å²) in [5.41, 5.74) is -0.221. The maximum Gasteiger partial charge on any atom is 0.278 e. The average Bonchev–Trinajstić information content (AvgIpc) is 2.48. The highest BCUT2D eigenvalue weighted by molar-refractivity contribution is 5.29. The molecule has 1 heterocycles. The van der Waals surface area contributed by atoms with Gasteiger partial charge in [0.15, 0.2) is 0 Å². The van der Waals surface area contributed by atoms with Crippen molar-refractivity contribution in [3.8, 4) is 0 Å². The second kappa shape index (κ2) is 2.77. The number of aromatic nitrogens is 1. The van der Waals surface area contributed by atoms with E-state index in [1.807, 2.05) is 0 Å². The van der Waals surface area contributed by atoms with Crippen LogP contribution < -0.4 is 0 Å². The van der Waals surface area contributed by atoms with Gasteiger partial charge in [-0.2, -0.15) is 0 Å². The molecule has 0 bridgehead atoms. The van der Waals surface area contributed by atoms with E-state index in [1.54, 1.807) is 0 Å². The van der Waals surface area contributed by atoms with Crippen LogP contribution >= 0.6 is 0 Å². The molecule has 0 fully saturated rings. The van der Waals surface area contributed by atoms with Gasteiger partial charge in [-0.15, -0.1) is 0 Å². The lowest BCUT2D eigenvalue weighted by Crippen LogP contribution is -2.21. The summed E-state index contributed by atoms with van der Waals surface area (Å²) in [5, 5.41) is 12.2. The second-order valence-electron chi connectivity index (χ2n) is 3.14. The van der Waals surface area contributed by atoms with Crippen LogP contribution in [0.2, 0.25) is 0 Å². The molecule has 1 N–H and O–H groups in total. The fourth-order valence-electron chi connectivity index (χ4n) is 1.65. The van der Waals surface area contributed by atoms with E-state index >= 15 is 0 Å². The Hall–Kier alpha value is -0.970. The van der Waals surface area contributed by atoms with Crippen LogP contribution in [0, 0.1) is 0 Å². The zero-order valence-electron chi connectivity index (χ0n) is 6.89. The van der Waals surface area contributed by atoms with Gasteiger partial charge < -0.3 is 9.63 Å². The molecule has 1 aliphatic carbocycles. The highest BCUT2D eigenvalue weighted by Crippen LogP contribution is 2.41. The zero-order chi connectivity index (χ0) is 9.47. The summed E-state index contributed by atoms with van der Waals surface area (Å²) in [7, 11) is 0. The highest BCUT2D eigenvalue weighted by atomic mass is 19.3. The Bertz CT molecular complexity index is 308. The lowest BCUT2D eigenvalue weighted by Gasteiger charge is -2.20. The monoisotopic (exact) mass is 189 g/mol. The Kier molecular flexibility index (Phi) is 1.83. The van der Waals surface area contributed by atoms with Crippen molar-refractivity contribution in [3.05, 3.63) is 17.0 Å². The first-order valence-electron chi connectivity index (χ1n) is 4.12. The SMILES string of the molecule is OCc1noc2c1C(F)(F)CCC2. The van der Waals surface area contributed by atoms with Crippen LogP contribution in [0.4, 0.5) is 8.78 Å². The smallest absolute Gasteiger partial charge is 0.278 e. The Labute approximate surface area is 73.3 Å². The molecule has 0 aliphatic heterocycles. The normalized spacial score (nSPS) is 19.9. The summed E-state index contributed by atoms with van der Waals surface area (Å²) in [5.74, 6) is -2.66. The molecule has 5 heteroatoms. The molecule has 0 atom stereocenters. The van der Waals surface area contributed by atoms with Crippen LogP contribution in [0.15, 0.2) is 4.52 Å². The van der Waals surface area contributed by atoms with E-state index in [1.165, 1.54) is 0 Å². The third kappa shape index (κ3) is 1.23. The second-order valence-corrected chi connectivity index (χ2v) is 3.14. The number of fused-ring (bicyclic) bond motifs is 1. The van der Waals surface area contributed by atoms with Crippen molar-refractivity contribution in [3.63, 3.8) is 0 Å². The number of nitrogens with zero attached hydrogens (tertiary/aromatic N) is 1. The fourth-order valence-corrected chi connectivity index (χ4v) is 1.65. The van der Waals surface area contributed by atoms with Crippen molar-refractivity contribution in [2.75, 3.05) is 0 Å². The molecule has 0 spiro atoms. The topological polar surface area (TPSA) is 46.3 Å². The summed E-state index contributed by atoms with van der Waals surface area (Å²) in [6.45, 7) is -0.492. The minimum absolute atomic E-state index is 0.0281. The van der Waals surface area contributed by atoms with Gasteiger partial charge in [0.05, 0.1) is 12.2 Å². The van der Waals surface area contributed by atoms with Crippen molar-refractivity contribution in [1.82, 2.24) is 5.16 Å². The van der Waals surface area contributed by atoms with Gasteiger partial charge in [-0.25, -0.2) is 8.78 Å². The van der Waals surface area contributed by atoms with E-state index in [0.717, 1.165) is 0 Å². The van der Waals surface area contributed by atoms with Crippen LogP contribution in [0.3, 0.4) is 0 Å². The summed E-state index contributed by atoms with van der Waals surface area (Å²) < 4.78 is 31.3. The number of aryl methyl sites for hydroxylation is 1. The molecule has 0 aromatic carbocycles. The van der Waals surface area contributed by atoms with Gasteiger partial charge in [-0.3, -0.25) is 0 Å². The molecular formula is C8H9F2NO2. The molecule has 2 rings (SSSR count). The van der Waals surface area contributed by atoms with E-state index in [4.69, 9.17) is 9.63 Å². The molecule has 1 aromatic rings. The Morgan fingerprint density at radius 2 is 2.31 bits per heavy atom. The van der Waals surface area contributed by atoms with E-state index in [2.05, 4.69) is 5.16 Å². The van der Waals surface area contributed by atoms with E-state index in [0.29, 0.717) is 12.8 Å². The summed E-state index contributed by atoms with van der Waals surface area (Å²) in [6, 6.07) is 0. The third-order valence-electron chi connectivity index (χ3n) is 2.24. The van der Waals surface area contributed by atoms with Crippen molar-refractivity contribution in [1.29, 1.82) is 0 Å². The maximum absolute atomic E-state index is 13.3. The van der Waals surface area contributed by atoms with Gasteiger partial charge >= 0.3 is 0 Å². The molecule has 0 saturated carbocycles. The van der Waals surface area contributed by atoms with Gasteiger partial charge in [0.1, 0.15) is 11.5 Å². The first kappa shape index (κ1) is 8.62. The zero-order valence-corrected chi connectivity index (χ0v) is 6.89. The minimum atomic E-state index is -2.88. The van der Waals surface area contributed by atoms with E-state index < -0.39 is 12.5 Å². The van der Waals surface area contributed by atoms with Crippen molar-refractivity contribution in [2.45, 2.75) is 31.8 Å². The minimum Gasteiger partial charge on any atom is -0.390 e. The van der Waals surface area contributed by atoms with Gasteiger partial charge in [-0.1, -0.05) is 5.16 Å². The standard InChI is InChI=1S/C8H9F2NO2/c9-8(10)3-1-2-6-7(8)5(4-12)11-13-6/h12H,1-4H2. The van der Waals surface area contributed by atoms with Crippen LogP contribution in [0.1, 0.15) is 29.9 Å². The average molecular weight is 189 g/mol. The molecule has 1 aliphatic rings. The molecule has 0 radical (unpaired) electrons. The van der Waals surface area contributed by atoms with Crippen molar-refractivity contribution in [2.24, 2.45) is 0 Å². The molecule has 13 heavy (non-hydrogen) atoms. The fraction of sp³-hybridized carbons (Fsp3) is 0.625. The first-order chi connectivity index (χ1) is 6.15. The van der Waals surface area contributed by atoms with Crippen molar-refractivity contribution >= 4 is 0 Å². The van der Waals surface area contributed by atoms with Gasteiger partial charge in [0, 0.05) is 12.8 Å². The van der Waals surface area contributed by atoms with Gasteiger partial charge in [0.2, 0.25) is 0 Å². The van der Waals surface area contributed by atoms with Gasteiger partial charge in [0.25, 0.3) is 5.92 Å². The highest BCUT2D eigenvalue weighted by Gasteiger charge is 2.42. The summed E-state index contributed by atoms with van der Waals surface area (Å²) in [6.07, 6.45) is 0.701. The molecule has 0 saturated heterocycles. The van der Waals surface area contributed by atoms with Crippen LogP contribution in [0.25, 0.3) is 0 Å². The summed E-state index contributed by atoms with van der Waals surface area (Å²) in [4.78, 5) is 0. The Balaban J connectivity index is 2.52. The van der Waals surface area contributed by atoms with Crippen LogP contribution in [0.5, 0.6) is 0 Å². The molecule has 0 unspecified atom stereocenters. The third-order valence-corrected chi connectivity index (χ3v) is 2.24. The predicted molar refractivity (Wildman–Crippen MR) is 39.3 cm³/mol. The number of hydrogen-bond acceptors (Lipinski definition) is 3. The quantitative estimate of drug-likeness (QED) is 0.729. The number of halogens is 2. The summed E-state index contributed by atoms with van der Waals surface area (Å²) >= 11 is 0. The number of alkyl halides is 2. The largest absolute Gasteiger partial charge is 0.390 e. The number of aliphatic hydroxyl groups excluding tert-OH is 1. The molecule has 72 valence electrons. The lowest BCUT2D eigenvalue weighted by atomic mass is 9.93. The molecule has 3 nitrogen and oxygen atoms in total. The first-order valence-corrected chi connectivity index (χ1v) is 4.12.